The molecule has 0 nitrogen and oxygen atoms in total. The summed E-state index contributed by atoms with van der Waals surface area (Å²) in [5.74, 6) is 2.29. The van der Waals surface area contributed by atoms with Crippen molar-refractivity contribution >= 4 is 23.4 Å². The van der Waals surface area contributed by atoms with Crippen LogP contribution in [0.15, 0.2) is 17.0 Å². The van der Waals surface area contributed by atoms with Crippen LogP contribution in [-0.4, -0.2) is 5.75 Å². The fourth-order valence-electron chi connectivity index (χ4n) is 2.40. The summed E-state index contributed by atoms with van der Waals surface area (Å²) in [4.78, 5) is 1.20. The highest BCUT2D eigenvalue weighted by molar-refractivity contribution is 7.99. The van der Waals surface area contributed by atoms with Crippen LogP contribution in [0.4, 0.5) is 4.39 Å². The molecule has 1 heterocycles. The molecule has 1 unspecified atom stereocenters. The monoisotopic (exact) mass is 242 g/mol. The smallest absolute Gasteiger partial charge is 0.142 e. The van der Waals surface area contributed by atoms with Crippen LogP contribution in [0.5, 0.6) is 0 Å². The summed E-state index contributed by atoms with van der Waals surface area (Å²) in [6.07, 6.45) is 3.83. The minimum atomic E-state index is -0.261. The van der Waals surface area contributed by atoms with E-state index in [0.717, 1.165) is 11.7 Å². The van der Waals surface area contributed by atoms with Crippen molar-refractivity contribution in [3.05, 3.63) is 28.5 Å². The second-order valence-electron chi connectivity index (χ2n) is 4.39. The normalized spacial score (nSPS) is 25.1. The Bertz CT molecular complexity index is 401. The Balaban J connectivity index is 2.05. The number of rotatable bonds is 1. The first-order chi connectivity index (χ1) is 7.25. The van der Waals surface area contributed by atoms with Crippen molar-refractivity contribution in [2.24, 2.45) is 5.92 Å². The summed E-state index contributed by atoms with van der Waals surface area (Å²) in [5, 5.41) is 0.262. The average molecular weight is 243 g/mol. The minimum absolute atomic E-state index is 0.261. The lowest BCUT2D eigenvalue weighted by Crippen LogP contribution is -2.09. The Hall–Kier alpha value is -0.210. The molecule has 1 aliphatic carbocycles. The molecule has 0 spiro atoms. The van der Waals surface area contributed by atoms with Gasteiger partial charge in [-0.1, -0.05) is 11.6 Å². The predicted octanol–water partition coefficient (Wildman–Crippen LogP) is 4.47. The van der Waals surface area contributed by atoms with E-state index < -0.39 is 0 Å². The van der Waals surface area contributed by atoms with Gasteiger partial charge in [0.05, 0.1) is 5.02 Å². The second-order valence-corrected chi connectivity index (χ2v) is 5.93. The molecule has 1 aromatic rings. The summed E-state index contributed by atoms with van der Waals surface area (Å²) in [6.45, 7) is 0. The van der Waals surface area contributed by atoms with Gasteiger partial charge in [0.1, 0.15) is 5.82 Å². The van der Waals surface area contributed by atoms with Crippen LogP contribution in [0.1, 0.15) is 30.7 Å². The van der Waals surface area contributed by atoms with E-state index in [4.69, 9.17) is 11.6 Å². The Kier molecular flexibility index (Phi) is 2.44. The molecule has 1 fully saturated rings. The van der Waals surface area contributed by atoms with Gasteiger partial charge in [-0.05, 0) is 54.5 Å². The standard InChI is InChI=1S/C12H12ClFS/c13-10-6-12-9(5-11(10)14)8(3-4-15-12)7-1-2-7/h5-8H,1-4H2. The van der Waals surface area contributed by atoms with Crippen LogP contribution < -0.4 is 0 Å². The third-order valence-corrected chi connectivity index (χ3v) is 4.72. The minimum Gasteiger partial charge on any atom is -0.205 e. The van der Waals surface area contributed by atoms with Gasteiger partial charge in [0.15, 0.2) is 0 Å². The molecule has 80 valence electrons. The van der Waals surface area contributed by atoms with E-state index in [-0.39, 0.29) is 10.8 Å². The molecule has 0 N–H and O–H groups in total. The lowest BCUT2D eigenvalue weighted by molar-refractivity contribution is 0.561. The SMILES string of the molecule is Fc1cc2c(cc1Cl)SCCC2C1CC1. The van der Waals surface area contributed by atoms with E-state index >= 15 is 0 Å². The van der Waals surface area contributed by atoms with E-state index in [1.807, 2.05) is 11.8 Å². The van der Waals surface area contributed by atoms with E-state index in [1.165, 1.54) is 29.7 Å². The van der Waals surface area contributed by atoms with E-state index in [1.54, 1.807) is 12.1 Å². The number of hydrogen-bond donors (Lipinski definition) is 0. The first-order valence-corrected chi connectivity index (χ1v) is 6.74. The van der Waals surface area contributed by atoms with Crippen molar-refractivity contribution < 1.29 is 4.39 Å². The Morgan fingerprint density at radius 3 is 2.80 bits per heavy atom. The molecule has 1 aliphatic heterocycles. The van der Waals surface area contributed by atoms with Crippen molar-refractivity contribution in [1.29, 1.82) is 0 Å². The van der Waals surface area contributed by atoms with Gasteiger partial charge in [0.2, 0.25) is 0 Å². The lowest BCUT2D eigenvalue weighted by Gasteiger charge is -2.25. The van der Waals surface area contributed by atoms with Crippen LogP contribution >= 0.6 is 23.4 Å². The molecular formula is C12H12ClFS. The van der Waals surface area contributed by atoms with Gasteiger partial charge in [-0.25, -0.2) is 4.39 Å². The summed E-state index contributed by atoms with van der Waals surface area (Å²) < 4.78 is 13.4. The van der Waals surface area contributed by atoms with Gasteiger partial charge < -0.3 is 0 Å². The number of hydrogen-bond acceptors (Lipinski definition) is 1. The van der Waals surface area contributed by atoms with Crippen molar-refractivity contribution in [3.8, 4) is 0 Å². The number of halogens is 2. The highest BCUT2D eigenvalue weighted by atomic mass is 35.5. The Labute approximate surface area is 98.2 Å². The molecule has 1 atom stereocenters. The molecule has 1 saturated carbocycles. The quantitative estimate of drug-likeness (QED) is 0.700. The summed E-state index contributed by atoms with van der Waals surface area (Å²) >= 11 is 7.61. The fraction of sp³-hybridized carbons (Fsp3) is 0.500. The molecule has 0 saturated heterocycles. The van der Waals surface area contributed by atoms with E-state index in [2.05, 4.69) is 0 Å². The Morgan fingerprint density at radius 2 is 2.07 bits per heavy atom. The first kappa shape index (κ1) is 9.98. The topological polar surface area (TPSA) is 0 Å². The largest absolute Gasteiger partial charge is 0.205 e. The van der Waals surface area contributed by atoms with Crippen LogP contribution in [0.2, 0.25) is 5.02 Å². The molecule has 0 radical (unpaired) electrons. The highest BCUT2D eigenvalue weighted by Gasteiger charge is 2.35. The van der Waals surface area contributed by atoms with Crippen LogP contribution in [0, 0.1) is 11.7 Å². The lowest BCUT2D eigenvalue weighted by atomic mass is 9.91. The van der Waals surface area contributed by atoms with Crippen molar-refractivity contribution in [1.82, 2.24) is 0 Å². The van der Waals surface area contributed by atoms with Gasteiger partial charge in [-0.3, -0.25) is 0 Å². The zero-order valence-electron chi connectivity index (χ0n) is 8.30. The molecule has 0 amide bonds. The molecule has 2 aliphatic rings. The van der Waals surface area contributed by atoms with Gasteiger partial charge in [0.25, 0.3) is 0 Å². The van der Waals surface area contributed by atoms with Gasteiger partial charge in [-0.15, -0.1) is 11.8 Å². The summed E-state index contributed by atoms with van der Waals surface area (Å²) in [5.41, 5.74) is 1.20. The molecule has 0 bridgehead atoms. The maximum atomic E-state index is 13.4. The average Bonchev–Trinajstić information content (AvgIpc) is 3.02. The zero-order chi connectivity index (χ0) is 10.4. The molecule has 3 rings (SSSR count). The molecule has 0 aromatic heterocycles. The third-order valence-electron chi connectivity index (χ3n) is 3.33. The van der Waals surface area contributed by atoms with Crippen LogP contribution in [-0.2, 0) is 0 Å². The second kappa shape index (κ2) is 3.67. The predicted molar refractivity (Wildman–Crippen MR) is 62.2 cm³/mol. The van der Waals surface area contributed by atoms with Crippen molar-refractivity contribution in [2.75, 3.05) is 5.75 Å². The number of thioether (sulfide) groups is 1. The number of fused-ring (bicyclic) bond motifs is 1. The molecule has 3 heteroatoms. The third kappa shape index (κ3) is 1.78. The summed E-state index contributed by atoms with van der Waals surface area (Å²) in [6, 6.07) is 3.46. The maximum Gasteiger partial charge on any atom is 0.142 e. The zero-order valence-corrected chi connectivity index (χ0v) is 9.87. The van der Waals surface area contributed by atoms with Gasteiger partial charge in [-0.2, -0.15) is 0 Å². The van der Waals surface area contributed by atoms with Crippen LogP contribution in [0.3, 0.4) is 0 Å². The molecule has 15 heavy (non-hydrogen) atoms. The molecule has 1 aromatic carbocycles. The van der Waals surface area contributed by atoms with Gasteiger partial charge >= 0.3 is 0 Å². The highest BCUT2D eigenvalue weighted by Crippen LogP contribution is 2.50. The Morgan fingerprint density at radius 1 is 1.27 bits per heavy atom. The maximum absolute atomic E-state index is 13.4. The number of benzene rings is 1. The van der Waals surface area contributed by atoms with Crippen molar-refractivity contribution in [3.63, 3.8) is 0 Å². The van der Waals surface area contributed by atoms with E-state index in [0.29, 0.717) is 5.92 Å². The van der Waals surface area contributed by atoms with E-state index in [9.17, 15) is 4.39 Å². The fourth-order valence-corrected chi connectivity index (χ4v) is 3.80. The summed E-state index contributed by atoms with van der Waals surface area (Å²) in [7, 11) is 0. The first-order valence-electron chi connectivity index (χ1n) is 5.37. The van der Waals surface area contributed by atoms with Gasteiger partial charge in [0, 0.05) is 4.90 Å². The van der Waals surface area contributed by atoms with Crippen LogP contribution in [0.25, 0.3) is 0 Å². The van der Waals surface area contributed by atoms with Crippen molar-refractivity contribution in [2.45, 2.75) is 30.1 Å². The molecular weight excluding hydrogens is 231 g/mol.